The van der Waals surface area contributed by atoms with Gasteiger partial charge in [-0.1, -0.05) is 43.7 Å². The fourth-order valence-corrected chi connectivity index (χ4v) is 2.19. The molecular weight excluding hydrogens is 322 g/mol. The molecular formula is C18H27N3O4. The highest BCUT2D eigenvalue weighted by Crippen LogP contribution is 2.02. The summed E-state index contributed by atoms with van der Waals surface area (Å²) in [5.41, 5.74) is 6.11. The zero-order valence-corrected chi connectivity index (χ0v) is 14.6. The Balaban J connectivity index is 2.03. The zero-order valence-electron chi connectivity index (χ0n) is 14.6. The van der Waals surface area contributed by atoms with Crippen LogP contribution in [0.15, 0.2) is 30.3 Å². The van der Waals surface area contributed by atoms with E-state index in [1.54, 1.807) is 6.92 Å². The van der Waals surface area contributed by atoms with Crippen molar-refractivity contribution in [3.05, 3.63) is 35.9 Å². The number of nitrogens with two attached hydrogens (primary N) is 1. The van der Waals surface area contributed by atoms with E-state index in [9.17, 15) is 14.4 Å². The molecule has 0 saturated carbocycles. The van der Waals surface area contributed by atoms with Crippen molar-refractivity contribution in [3.8, 4) is 0 Å². The number of rotatable bonds is 11. The van der Waals surface area contributed by atoms with Crippen molar-refractivity contribution in [3.63, 3.8) is 0 Å². The van der Waals surface area contributed by atoms with Gasteiger partial charge in [-0.2, -0.15) is 0 Å². The van der Waals surface area contributed by atoms with E-state index in [2.05, 4.69) is 10.6 Å². The van der Waals surface area contributed by atoms with Gasteiger partial charge in [-0.15, -0.1) is 0 Å². The van der Waals surface area contributed by atoms with Crippen molar-refractivity contribution >= 4 is 17.9 Å². The lowest BCUT2D eigenvalue weighted by Gasteiger charge is -2.13. The van der Waals surface area contributed by atoms with E-state index in [0.717, 1.165) is 18.4 Å². The first-order valence-corrected chi connectivity index (χ1v) is 8.56. The minimum absolute atomic E-state index is 0.180. The fourth-order valence-electron chi connectivity index (χ4n) is 2.19. The summed E-state index contributed by atoms with van der Waals surface area (Å²) in [5, 5.41) is 5.28. The quantitative estimate of drug-likeness (QED) is 0.529. The minimum atomic E-state index is -0.603. The van der Waals surface area contributed by atoms with Crippen LogP contribution in [0.2, 0.25) is 0 Å². The maximum Gasteiger partial charge on any atom is 0.407 e. The summed E-state index contributed by atoms with van der Waals surface area (Å²) in [6, 6.07) is 8.85. The lowest BCUT2D eigenvalue weighted by atomic mass is 10.1. The number of carbonyl (C=O) groups is 3. The molecule has 1 aromatic carbocycles. The molecule has 0 aliphatic carbocycles. The number of amides is 3. The number of nitrogens with one attached hydrogen (secondary N) is 2. The van der Waals surface area contributed by atoms with E-state index in [1.165, 1.54) is 0 Å². The molecule has 1 rings (SSSR count). The van der Waals surface area contributed by atoms with Crippen molar-refractivity contribution < 1.29 is 19.1 Å². The van der Waals surface area contributed by atoms with Gasteiger partial charge in [-0.05, 0) is 24.8 Å². The monoisotopic (exact) mass is 349 g/mol. The molecule has 0 bridgehead atoms. The second-order valence-corrected chi connectivity index (χ2v) is 5.73. The molecule has 0 radical (unpaired) electrons. The summed E-state index contributed by atoms with van der Waals surface area (Å²) in [7, 11) is 0. The predicted molar refractivity (Wildman–Crippen MR) is 94.5 cm³/mol. The number of alkyl carbamates (subject to hydrolysis) is 1. The summed E-state index contributed by atoms with van der Waals surface area (Å²) in [6.45, 7) is 2.53. The molecule has 0 aromatic heterocycles. The second kappa shape index (κ2) is 11.9. The number of benzene rings is 1. The highest BCUT2D eigenvalue weighted by molar-refractivity contribution is 5.86. The van der Waals surface area contributed by atoms with Crippen molar-refractivity contribution in [2.45, 2.75) is 51.7 Å². The van der Waals surface area contributed by atoms with Gasteiger partial charge in [-0.3, -0.25) is 9.59 Å². The Morgan fingerprint density at radius 2 is 1.84 bits per heavy atom. The van der Waals surface area contributed by atoms with E-state index in [1.807, 2.05) is 30.3 Å². The molecule has 0 spiro atoms. The van der Waals surface area contributed by atoms with Crippen LogP contribution < -0.4 is 16.4 Å². The molecule has 0 unspecified atom stereocenters. The lowest BCUT2D eigenvalue weighted by molar-refractivity contribution is -0.127. The Morgan fingerprint density at radius 3 is 2.48 bits per heavy atom. The first-order valence-electron chi connectivity index (χ1n) is 8.56. The van der Waals surface area contributed by atoms with Gasteiger partial charge < -0.3 is 21.1 Å². The molecule has 0 aliphatic heterocycles. The first-order chi connectivity index (χ1) is 12.0. The summed E-state index contributed by atoms with van der Waals surface area (Å²) < 4.78 is 5.09. The van der Waals surface area contributed by atoms with Crippen LogP contribution in [-0.2, 0) is 20.9 Å². The highest BCUT2D eigenvalue weighted by atomic mass is 16.5. The van der Waals surface area contributed by atoms with Crippen LogP contribution in [-0.4, -0.2) is 30.5 Å². The van der Waals surface area contributed by atoms with E-state index >= 15 is 0 Å². The lowest BCUT2D eigenvalue weighted by Crippen LogP contribution is -2.43. The molecule has 0 saturated heterocycles. The van der Waals surface area contributed by atoms with Gasteiger partial charge in [0.1, 0.15) is 12.6 Å². The summed E-state index contributed by atoms with van der Waals surface area (Å²) in [5.74, 6) is -0.699. The molecule has 138 valence electrons. The third kappa shape index (κ3) is 9.34. The van der Waals surface area contributed by atoms with Crippen LogP contribution in [0.4, 0.5) is 4.79 Å². The number of carbonyl (C=O) groups excluding carboxylic acids is 3. The van der Waals surface area contributed by atoms with Gasteiger partial charge in [-0.25, -0.2) is 4.79 Å². The average molecular weight is 349 g/mol. The topological polar surface area (TPSA) is 111 Å². The number of primary amides is 1. The van der Waals surface area contributed by atoms with Crippen molar-refractivity contribution in [1.29, 1.82) is 0 Å². The van der Waals surface area contributed by atoms with Crippen molar-refractivity contribution in [1.82, 2.24) is 10.6 Å². The van der Waals surface area contributed by atoms with Crippen molar-refractivity contribution in [2.75, 3.05) is 6.54 Å². The Kier molecular flexibility index (Phi) is 9.74. The molecule has 3 amide bonds. The summed E-state index contributed by atoms with van der Waals surface area (Å²) in [6.07, 6.45) is 2.59. The third-order valence-corrected chi connectivity index (χ3v) is 3.65. The Labute approximate surface area is 148 Å². The molecule has 1 atom stereocenters. The zero-order chi connectivity index (χ0) is 18.5. The highest BCUT2D eigenvalue weighted by Gasteiger charge is 2.14. The van der Waals surface area contributed by atoms with Crippen LogP contribution in [0.3, 0.4) is 0 Å². The minimum Gasteiger partial charge on any atom is -0.445 e. The summed E-state index contributed by atoms with van der Waals surface area (Å²) >= 11 is 0. The molecule has 0 fully saturated rings. The van der Waals surface area contributed by atoms with Gasteiger partial charge in [0.25, 0.3) is 0 Å². The predicted octanol–water partition coefficient (Wildman–Crippen LogP) is 1.85. The van der Waals surface area contributed by atoms with Crippen LogP contribution in [0.25, 0.3) is 0 Å². The summed E-state index contributed by atoms with van der Waals surface area (Å²) in [4.78, 5) is 34.2. The first kappa shape index (κ1) is 20.5. The fraction of sp³-hybridized carbons (Fsp3) is 0.500. The molecule has 4 N–H and O–H groups in total. The molecule has 25 heavy (non-hydrogen) atoms. The maximum absolute atomic E-state index is 11.7. The Hall–Kier alpha value is -2.57. The van der Waals surface area contributed by atoms with Crippen LogP contribution in [0.5, 0.6) is 0 Å². The molecule has 0 heterocycles. The smallest absolute Gasteiger partial charge is 0.407 e. The standard InChI is InChI=1S/C18H27N3O4/c1-2-15(17(19)23)21-16(22)11-7-4-8-12-20-18(24)25-13-14-9-5-3-6-10-14/h3,5-6,9-10,15H,2,4,7-8,11-13H2,1H3,(H2,19,23)(H,20,24)(H,21,22)/t15-/m0/s1. The Morgan fingerprint density at radius 1 is 1.12 bits per heavy atom. The largest absolute Gasteiger partial charge is 0.445 e. The number of unbranched alkanes of at least 4 members (excludes halogenated alkanes) is 2. The second-order valence-electron chi connectivity index (χ2n) is 5.73. The molecule has 1 aromatic rings. The van der Waals surface area contributed by atoms with Crippen LogP contribution >= 0.6 is 0 Å². The number of ether oxygens (including phenoxy) is 1. The van der Waals surface area contributed by atoms with Gasteiger partial charge >= 0.3 is 6.09 Å². The van der Waals surface area contributed by atoms with Crippen molar-refractivity contribution in [2.24, 2.45) is 5.73 Å². The van der Waals surface area contributed by atoms with Crippen LogP contribution in [0, 0.1) is 0 Å². The average Bonchev–Trinajstić information content (AvgIpc) is 2.61. The maximum atomic E-state index is 11.7. The molecule has 7 nitrogen and oxygen atoms in total. The van der Waals surface area contributed by atoms with Crippen LogP contribution in [0.1, 0.15) is 44.6 Å². The van der Waals surface area contributed by atoms with E-state index in [0.29, 0.717) is 25.8 Å². The van der Waals surface area contributed by atoms with Gasteiger partial charge in [0.2, 0.25) is 11.8 Å². The van der Waals surface area contributed by atoms with Gasteiger partial charge in [0.15, 0.2) is 0 Å². The molecule has 7 heteroatoms. The van der Waals surface area contributed by atoms with Gasteiger partial charge in [0.05, 0.1) is 0 Å². The molecule has 0 aliphatic rings. The normalized spacial score (nSPS) is 11.4. The van der Waals surface area contributed by atoms with E-state index in [4.69, 9.17) is 10.5 Å². The third-order valence-electron chi connectivity index (χ3n) is 3.65. The van der Waals surface area contributed by atoms with Gasteiger partial charge in [0, 0.05) is 13.0 Å². The number of hydrogen-bond donors (Lipinski definition) is 3. The SMILES string of the molecule is CC[C@H](NC(=O)CCCCCNC(=O)OCc1ccccc1)C(N)=O. The Bertz CT molecular complexity index is 549. The number of hydrogen-bond acceptors (Lipinski definition) is 4. The van der Waals surface area contributed by atoms with E-state index < -0.39 is 18.0 Å². The van der Waals surface area contributed by atoms with E-state index in [-0.39, 0.29) is 12.5 Å².